The number of carbonyl (C=O) groups excluding carboxylic acids is 3. The molecule has 0 radical (unpaired) electrons. The van der Waals surface area contributed by atoms with Crippen molar-refractivity contribution in [2.24, 2.45) is 0 Å². The van der Waals surface area contributed by atoms with Crippen LogP contribution < -0.4 is 0 Å². The average Bonchev–Trinajstić information content (AvgIpc) is 3.42. The molecule has 0 rings (SSSR count). The molecule has 0 bridgehead atoms. The highest BCUT2D eigenvalue weighted by Gasteiger charge is 2.19. The Morgan fingerprint density at radius 1 is 0.276 bits per heavy atom. The van der Waals surface area contributed by atoms with Gasteiger partial charge in [0, 0.05) is 19.3 Å². The lowest BCUT2D eigenvalue weighted by molar-refractivity contribution is -0.167. The standard InChI is InChI=1S/C70H114O6/c1-4-7-10-13-16-19-21-23-25-27-29-30-31-32-33-34-35-36-37-38-39-40-42-43-45-47-49-51-54-57-60-63-69(72)75-66-67(65-74-68(71)62-59-56-53-18-15-12-9-6-3)76-70(73)64-61-58-55-52-50-48-46-44-41-28-26-24-22-20-17-14-11-8-5-2/h7,10,16-17,19-20,23-26,29-30,32-33,35-36,38-39,41-44,67H,4-6,8-9,11-15,18,21-22,27-28,31,34,37,40,45-66H2,1-3H3/b10-7-,19-16-,20-17-,25-23-,26-24-,30-29-,33-32-,36-35-,39-38-,43-42-,44-41-. The van der Waals surface area contributed by atoms with E-state index in [1.165, 1.54) is 83.5 Å². The van der Waals surface area contributed by atoms with Crippen LogP contribution in [-0.2, 0) is 28.6 Å². The third-order valence-electron chi connectivity index (χ3n) is 12.9. The fourth-order valence-electron chi connectivity index (χ4n) is 8.23. The van der Waals surface area contributed by atoms with Crippen LogP contribution in [0.15, 0.2) is 134 Å². The van der Waals surface area contributed by atoms with Gasteiger partial charge in [-0.1, -0.05) is 264 Å². The second-order valence-corrected chi connectivity index (χ2v) is 20.2. The van der Waals surface area contributed by atoms with E-state index < -0.39 is 6.10 Å². The number of allylic oxidation sites excluding steroid dienone is 22. The fourth-order valence-corrected chi connectivity index (χ4v) is 8.23. The Bertz CT molecular complexity index is 1630. The third-order valence-corrected chi connectivity index (χ3v) is 12.9. The van der Waals surface area contributed by atoms with Gasteiger partial charge in [-0.05, 0) is 122 Å². The zero-order valence-electron chi connectivity index (χ0n) is 49.2. The molecule has 1 atom stereocenters. The molecule has 0 saturated heterocycles. The van der Waals surface area contributed by atoms with Crippen molar-refractivity contribution in [2.45, 2.75) is 277 Å². The lowest BCUT2D eigenvalue weighted by atomic mass is 10.1. The van der Waals surface area contributed by atoms with E-state index in [9.17, 15) is 14.4 Å². The van der Waals surface area contributed by atoms with E-state index in [4.69, 9.17) is 14.2 Å². The molecule has 0 aliphatic carbocycles. The van der Waals surface area contributed by atoms with E-state index in [2.05, 4.69) is 154 Å². The van der Waals surface area contributed by atoms with Crippen molar-refractivity contribution < 1.29 is 28.6 Å². The van der Waals surface area contributed by atoms with Gasteiger partial charge in [-0.2, -0.15) is 0 Å². The number of unbranched alkanes of at least 4 members (excludes halogenated alkanes) is 22. The number of hydrogen-bond donors (Lipinski definition) is 0. The van der Waals surface area contributed by atoms with Gasteiger partial charge in [-0.3, -0.25) is 14.4 Å². The van der Waals surface area contributed by atoms with Gasteiger partial charge in [0.15, 0.2) is 6.10 Å². The Hall–Kier alpha value is -4.45. The number of carbonyl (C=O) groups is 3. The summed E-state index contributed by atoms with van der Waals surface area (Å²) in [5, 5.41) is 0. The van der Waals surface area contributed by atoms with Gasteiger partial charge in [-0.25, -0.2) is 0 Å². The molecule has 0 aromatic carbocycles. The van der Waals surface area contributed by atoms with Crippen molar-refractivity contribution in [2.75, 3.05) is 13.2 Å². The summed E-state index contributed by atoms with van der Waals surface area (Å²) < 4.78 is 16.8. The molecule has 0 amide bonds. The summed E-state index contributed by atoms with van der Waals surface area (Å²) in [7, 11) is 0. The van der Waals surface area contributed by atoms with Gasteiger partial charge in [0.05, 0.1) is 0 Å². The Kier molecular flexibility index (Phi) is 59.4. The SMILES string of the molecule is CC/C=C\C/C=C\C/C=C\C/C=C\C/C=C\C/C=C\C/C=C\C/C=C\CCCCCCCCC(=O)OCC(COC(=O)CCCCCCCCCC)OC(=O)CCCCCCCC/C=C\C/C=C\C/C=C\CCCCC. The normalized spacial score (nSPS) is 13.0. The second kappa shape index (κ2) is 63.1. The largest absolute Gasteiger partial charge is 0.462 e. The van der Waals surface area contributed by atoms with Gasteiger partial charge in [-0.15, -0.1) is 0 Å². The van der Waals surface area contributed by atoms with Crippen LogP contribution in [0.1, 0.15) is 271 Å². The molecule has 0 spiro atoms. The van der Waals surface area contributed by atoms with Gasteiger partial charge >= 0.3 is 17.9 Å². The molecule has 0 fully saturated rings. The summed E-state index contributed by atoms with van der Waals surface area (Å²) >= 11 is 0. The molecule has 6 heteroatoms. The summed E-state index contributed by atoms with van der Waals surface area (Å²) in [5.74, 6) is -0.923. The highest BCUT2D eigenvalue weighted by Crippen LogP contribution is 2.14. The van der Waals surface area contributed by atoms with E-state index in [-0.39, 0.29) is 31.1 Å². The lowest BCUT2D eigenvalue weighted by Crippen LogP contribution is -2.30. The quantitative estimate of drug-likeness (QED) is 0.0261. The van der Waals surface area contributed by atoms with Gasteiger partial charge in [0.2, 0.25) is 0 Å². The Balaban J connectivity index is 4.26. The zero-order valence-corrected chi connectivity index (χ0v) is 49.2. The topological polar surface area (TPSA) is 78.9 Å². The number of ether oxygens (including phenoxy) is 3. The average molecular weight is 1050 g/mol. The maximum atomic E-state index is 12.8. The minimum Gasteiger partial charge on any atom is -0.462 e. The van der Waals surface area contributed by atoms with Crippen molar-refractivity contribution in [3.8, 4) is 0 Å². The number of esters is 3. The first-order chi connectivity index (χ1) is 37.5. The molecule has 0 heterocycles. The second-order valence-electron chi connectivity index (χ2n) is 20.2. The van der Waals surface area contributed by atoms with Crippen LogP contribution in [0.4, 0.5) is 0 Å². The summed E-state index contributed by atoms with van der Waals surface area (Å²) in [6.07, 6.45) is 88.9. The van der Waals surface area contributed by atoms with E-state index >= 15 is 0 Å². The molecule has 430 valence electrons. The van der Waals surface area contributed by atoms with Gasteiger partial charge in [0.1, 0.15) is 13.2 Å². The van der Waals surface area contributed by atoms with Crippen LogP contribution in [-0.4, -0.2) is 37.2 Å². The zero-order chi connectivity index (χ0) is 55.0. The number of hydrogen-bond acceptors (Lipinski definition) is 6. The third kappa shape index (κ3) is 60.4. The molecule has 6 nitrogen and oxygen atoms in total. The van der Waals surface area contributed by atoms with Gasteiger partial charge in [0.25, 0.3) is 0 Å². The molecular weight excluding hydrogens is 937 g/mol. The molecule has 1 unspecified atom stereocenters. The van der Waals surface area contributed by atoms with Crippen molar-refractivity contribution in [3.63, 3.8) is 0 Å². The van der Waals surface area contributed by atoms with Crippen molar-refractivity contribution in [3.05, 3.63) is 134 Å². The summed E-state index contributed by atoms with van der Waals surface area (Å²) in [6, 6.07) is 0. The predicted octanol–water partition coefficient (Wildman–Crippen LogP) is 21.4. The van der Waals surface area contributed by atoms with Crippen molar-refractivity contribution >= 4 is 17.9 Å². The lowest BCUT2D eigenvalue weighted by Gasteiger charge is -2.18. The highest BCUT2D eigenvalue weighted by atomic mass is 16.6. The molecule has 0 aromatic rings. The molecule has 0 aliphatic rings. The van der Waals surface area contributed by atoms with Crippen molar-refractivity contribution in [1.82, 2.24) is 0 Å². The first-order valence-corrected chi connectivity index (χ1v) is 31.2. The molecule has 0 aliphatic heterocycles. The van der Waals surface area contributed by atoms with Crippen LogP contribution >= 0.6 is 0 Å². The maximum Gasteiger partial charge on any atom is 0.306 e. The number of rotatable bonds is 55. The van der Waals surface area contributed by atoms with Crippen LogP contribution in [0, 0.1) is 0 Å². The maximum absolute atomic E-state index is 12.8. The molecule has 0 saturated carbocycles. The monoisotopic (exact) mass is 1050 g/mol. The predicted molar refractivity (Wildman–Crippen MR) is 329 cm³/mol. The molecular formula is C70H114O6. The van der Waals surface area contributed by atoms with Crippen molar-refractivity contribution in [1.29, 1.82) is 0 Å². The summed E-state index contributed by atoms with van der Waals surface area (Å²) in [6.45, 7) is 6.44. The molecule has 0 aromatic heterocycles. The van der Waals surface area contributed by atoms with E-state index in [1.54, 1.807) is 0 Å². The first kappa shape index (κ1) is 71.5. The smallest absolute Gasteiger partial charge is 0.306 e. The van der Waals surface area contributed by atoms with Crippen LogP contribution in [0.5, 0.6) is 0 Å². The fraction of sp³-hybridized carbons (Fsp3) is 0.643. The first-order valence-electron chi connectivity index (χ1n) is 31.2. The van der Waals surface area contributed by atoms with Crippen LogP contribution in [0.25, 0.3) is 0 Å². The molecule has 0 N–H and O–H groups in total. The highest BCUT2D eigenvalue weighted by molar-refractivity contribution is 5.71. The Labute approximate surface area is 468 Å². The Morgan fingerprint density at radius 3 is 0.829 bits per heavy atom. The minimum atomic E-state index is -0.793. The van der Waals surface area contributed by atoms with Crippen LogP contribution in [0.3, 0.4) is 0 Å². The van der Waals surface area contributed by atoms with E-state index in [1.807, 2.05) is 0 Å². The summed E-state index contributed by atoms with van der Waals surface area (Å²) in [5.41, 5.74) is 0. The molecule has 76 heavy (non-hydrogen) atoms. The van der Waals surface area contributed by atoms with E-state index in [0.29, 0.717) is 19.3 Å². The van der Waals surface area contributed by atoms with Crippen LogP contribution in [0.2, 0.25) is 0 Å². The minimum absolute atomic E-state index is 0.0902. The Morgan fingerprint density at radius 2 is 0.513 bits per heavy atom. The van der Waals surface area contributed by atoms with Gasteiger partial charge < -0.3 is 14.2 Å². The summed E-state index contributed by atoms with van der Waals surface area (Å²) in [4.78, 5) is 38.1. The van der Waals surface area contributed by atoms with E-state index in [0.717, 1.165) is 148 Å².